The highest BCUT2D eigenvalue weighted by Crippen LogP contribution is 2.31. The van der Waals surface area contributed by atoms with E-state index in [0.29, 0.717) is 33.8 Å². The van der Waals surface area contributed by atoms with Crippen LogP contribution in [-0.2, 0) is 0 Å². The zero-order chi connectivity index (χ0) is 18.5. The van der Waals surface area contributed by atoms with Crippen molar-refractivity contribution >= 4 is 17.3 Å². The molecule has 0 fully saturated rings. The van der Waals surface area contributed by atoms with Gasteiger partial charge in [0.1, 0.15) is 11.5 Å². The second-order valence-electron chi connectivity index (χ2n) is 5.34. The molecule has 0 amide bonds. The molecule has 0 atom stereocenters. The van der Waals surface area contributed by atoms with Gasteiger partial charge in [-0.25, -0.2) is 0 Å². The summed E-state index contributed by atoms with van der Waals surface area (Å²) in [6, 6.07) is 20.3. The van der Waals surface area contributed by atoms with Crippen LogP contribution in [-0.4, -0.2) is 4.92 Å². The lowest BCUT2D eigenvalue weighted by Gasteiger charge is -2.00. The quantitative estimate of drug-likeness (QED) is 0.385. The zero-order valence-electron chi connectivity index (χ0n) is 13.4. The molecule has 0 aliphatic heterocycles. The van der Waals surface area contributed by atoms with Gasteiger partial charge in [-0.1, -0.05) is 24.3 Å². The molecule has 26 heavy (non-hydrogen) atoms. The topological polar surface area (TPSA) is 104 Å². The molecule has 0 aliphatic rings. The average Bonchev–Trinajstić information content (AvgIpc) is 3.14. The fraction of sp³-hybridized carbons (Fsp3) is 0. The zero-order valence-corrected chi connectivity index (χ0v) is 13.4. The van der Waals surface area contributed by atoms with E-state index in [4.69, 9.17) is 9.68 Å². The highest BCUT2D eigenvalue weighted by molar-refractivity contribution is 5.89. The molecule has 1 aromatic heterocycles. The predicted octanol–water partition coefficient (Wildman–Crippen LogP) is 4.79. The van der Waals surface area contributed by atoms with E-state index in [1.165, 1.54) is 6.07 Å². The predicted molar refractivity (Wildman–Crippen MR) is 95.4 cm³/mol. The normalized spacial score (nSPS) is 10.8. The molecule has 0 spiro atoms. The van der Waals surface area contributed by atoms with Crippen molar-refractivity contribution in [1.82, 2.24) is 0 Å². The van der Waals surface area contributed by atoms with Gasteiger partial charge >= 0.3 is 0 Å². The first kappa shape index (κ1) is 16.7. The lowest BCUT2D eigenvalue weighted by Crippen LogP contribution is -1.90. The summed E-state index contributed by atoms with van der Waals surface area (Å²) in [7, 11) is 0. The van der Waals surface area contributed by atoms with Gasteiger partial charge in [-0.05, 0) is 42.0 Å². The third kappa shape index (κ3) is 3.35. The number of hydrogen-bond acceptors (Lipinski definition) is 5. The Morgan fingerprint density at radius 2 is 1.77 bits per heavy atom. The van der Waals surface area contributed by atoms with Crippen LogP contribution in [0, 0.1) is 32.8 Å². The Hall–Kier alpha value is -4.16. The van der Waals surface area contributed by atoms with E-state index >= 15 is 0 Å². The van der Waals surface area contributed by atoms with Crippen molar-refractivity contribution in [2.75, 3.05) is 0 Å². The minimum absolute atomic E-state index is 0.0509. The molecule has 0 N–H and O–H groups in total. The number of nitro benzene ring substituents is 1. The summed E-state index contributed by atoms with van der Waals surface area (Å²) in [5.74, 6) is 0.750. The molecule has 2 aromatic carbocycles. The van der Waals surface area contributed by atoms with Crippen molar-refractivity contribution in [2.24, 2.45) is 0 Å². The number of nitro groups is 1. The maximum absolute atomic E-state index is 11.1. The highest BCUT2D eigenvalue weighted by Gasteiger charge is 2.17. The van der Waals surface area contributed by atoms with Crippen LogP contribution in [0.15, 0.2) is 65.1 Å². The van der Waals surface area contributed by atoms with Gasteiger partial charge in [0.05, 0.1) is 33.8 Å². The number of para-hydroxylation sites is 1. The number of benzene rings is 2. The van der Waals surface area contributed by atoms with Crippen LogP contribution in [0.25, 0.3) is 23.0 Å². The summed E-state index contributed by atoms with van der Waals surface area (Å²) in [5, 5.41) is 29.4. The van der Waals surface area contributed by atoms with Gasteiger partial charge in [-0.2, -0.15) is 10.5 Å². The lowest BCUT2D eigenvalue weighted by atomic mass is 10.0. The lowest BCUT2D eigenvalue weighted by molar-refractivity contribution is -0.384. The molecule has 3 rings (SSSR count). The van der Waals surface area contributed by atoms with Gasteiger partial charge in [0.25, 0.3) is 5.69 Å². The van der Waals surface area contributed by atoms with E-state index in [1.807, 2.05) is 6.07 Å². The molecule has 0 aliphatic carbocycles. The van der Waals surface area contributed by atoms with E-state index in [9.17, 15) is 15.4 Å². The van der Waals surface area contributed by atoms with Crippen LogP contribution >= 0.6 is 0 Å². The van der Waals surface area contributed by atoms with Crippen molar-refractivity contribution in [3.05, 3.63) is 87.7 Å². The molecule has 0 saturated heterocycles. The van der Waals surface area contributed by atoms with Crippen LogP contribution in [0.3, 0.4) is 0 Å². The Kier molecular flexibility index (Phi) is 4.60. The van der Waals surface area contributed by atoms with E-state index < -0.39 is 4.92 Å². The Bertz CT molecular complexity index is 1080. The molecule has 0 radical (unpaired) electrons. The number of rotatable bonds is 4. The van der Waals surface area contributed by atoms with E-state index in [2.05, 4.69) is 6.07 Å². The molecule has 0 unspecified atom stereocenters. The Morgan fingerprint density at radius 3 is 2.42 bits per heavy atom. The Morgan fingerprint density at radius 1 is 1.04 bits per heavy atom. The molecule has 6 nitrogen and oxygen atoms in total. The average molecular weight is 341 g/mol. The van der Waals surface area contributed by atoms with Crippen molar-refractivity contribution < 1.29 is 9.34 Å². The molecule has 1 heterocycles. The Labute approximate surface area is 149 Å². The van der Waals surface area contributed by atoms with Crippen LogP contribution < -0.4 is 0 Å². The van der Waals surface area contributed by atoms with E-state index in [0.717, 1.165) is 0 Å². The summed E-state index contributed by atoms with van der Waals surface area (Å²) in [5.41, 5.74) is 1.83. The van der Waals surface area contributed by atoms with Gasteiger partial charge in [-0.3, -0.25) is 10.1 Å². The first-order chi connectivity index (χ1) is 12.6. The minimum atomic E-state index is -0.467. The first-order valence-electron chi connectivity index (χ1n) is 7.58. The van der Waals surface area contributed by atoms with Crippen LogP contribution in [0.5, 0.6) is 0 Å². The summed E-state index contributed by atoms with van der Waals surface area (Å²) in [6.07, 6.45) is 1.56. The molecule has 124 valence electrons. The molecule has 3 aromatic rings. The highest BCUT2D eigenvalue weighted by atomic mass is 16.6. The monoisotopic (exact) mass is 341 g/mol. The van der Waals surface area contributed by atoms with Crippen molar-refractivity contribution in [1.29, 1.82) is 10.5 Å². The fourth-order valence-corrected chi connectivity index (χ4v) is 2.46. The molecule has 6 heteroatoms. The van der Waals surface area contributed by atoms with Crippen molar-refractivity contribution in [3.63, 3.8) is 0 Å². The minimum Gasteiger partial charge on any atom is -0.456 e. The van der Waals surface area contributed by atoms with Gasteiger partial charge in [-0.15, -0.1) is 0 Å². The number of furan rings is 1. The second-order valence-corrected chi connectivity index (χ2v) is 5.34. The molecular formula is C20H11N3O3. The first-order valence-corrected chi connectivity index (χ1v) is 7.58. The number of allylic oxidation sites excluding steroid dienone is 1. The second kappa shape index (κ2) is 7.16. The fourth-order valence-electron chi connectivity index (χ4n) is 2.46. The third-order valence-corrected chi connectivity index (χ3v) is 3.73. The summed E-state index contributed by atoms with van der Waals surface area (Å²) in [6.45, 7) is 0. The molecular weight excluding hydrogens is 330 g/mol. The van der Waals surface area contributed by atoms with Gasteiger partial charge < -0.3 is 4.42 Å². The summed E-state index contributed by atoms with van der Waals surface area (Å²) in [4.78, 5) is 10.7. The summed E-state index contributed by atoms with van der Waals surface area (Å²) < 4.78 is 5.67. The summed E-state index contributed by atoms with van der Waals surface area (Å²) >= 11 is 0. The SMILES string of the molecule is N#C/C(=C/c1ccc(-c2ccccc2[N+](=O)[O-])o1)c1ccc(C#N)cc1. The van der Waals surface area contributed by atoms with Crippen LogP contribution in [0.4, 0.5) is 5.69 Å². The molecule has 0 saturated carbocycles. The Balaban J connectivity index is 1.97. The smallest absolute Gasteiger partial charge is 0.280 e. The van der Waals surface area contributed by atoms with Crippen LogP contribution in [0.1, 0.15) is 16.9 Å². The van der Waals surface area contributed by atoms with E-state index in [-0.39, 0.29) is 5.69 Å². The standard InChI is InChI=1S/C20H11N3O3/c21-12-14-5-7-15(8-6-14)16(13-22)11-17-9-10-20(26-17)18-3-1-2-4-19(18)23(24)25/h1-11H/b16-11-. The largest absolute Gasteiger partial charge is 0.456 e. The maximum Gasteiger partial charge on any atom is 0.280 e. The van der Waals surface area contributed by atoms with E-state index in [1.54, 1.807) is 60.7 Å². The van der Waals surface area contributed by atoms with Crippen molar-refractivity contribution in [3.8, 4) is 23.5 Å². The number of nitrogens with zero attached hydrogens (tertiary/aromatic N) is 3. The number of hydrogen-bond donors (Lipinski definition) is 0. The number of nitriles is 2. The third-order valence-electron chi connectivity index (χ3n) is 3.73. The van der Waals surface area contributed by atoms with Gasteiger partial charge in [0.15, 0.2) is 0 Å². The van der Waals surface area contributed by atoms with Gasteiger partial charge in [0.2, 0.25) is 0 Å². The maximum atomic E-state index is 11.1. The molecule has 0 bridgehead atoms. The van der Waals surface area contributed by atoms with Gasteiger partial charge in [0, 0.05) is 6.07 Å². The van der Waals surface area contributed by atoms with Crippen LogP contribution in [0.2, 0.25) is 0 Å². The van der Waals surface area contributed by atoms with Crippen molar-refractivity contribution in [2.45, 2.75) is 0 Å².